The van der Waals surface area contributed by atoms with Crippen LogP contribution in [0.4, 0.5) is 14.4 Å². The second kappa shape index (κ2) is 20.5. The molecule has 4 heterocycles. The molecular formula is C47H69Cl2N3O13. The maximum atomic E-state index is 15.0. The van der Waals surface area contributed by atoms with Gasteiger partial charge < -0.3 is 43.2 Å². The Balaban J connectivity index is 1.42. The first-order valence-electron chi connectivity index (χ1n) is 23.1. The van der Waals surface area contributed by atoms with E-state index in [0.717, 1.165) is 29.8 Å². The number of ether oxygens (including phenoxy) is 7. The van der Waals surface area contributed by atoms with Crippen LogP contribution in [0.15, 0.2) is 18.2 Å². The molecule has 6 rings (SSSR count). The Kier molecular flexibility index (Phi) is 16.2. The standard InChI is InChI=1S/C47H69Cl2N3O13/c1-12-35-47(9)39(51(43(56)65-47)18-17-30-15-16-32(48)33(49)20-30)27(5)36(53)24(2)21-46(8,59-11)40(64-42-37(54)34(19-26(4)61-42)50(10)22-31-13-14-31)28(6)38(29(7)41(55)62-35)63-45(58)52-25(3)23-60-44(52)57/h15-16,20,24-29,31,34-35,37-40,42,54H,12-14,17-19,21-23H2,1-11H3/t24-,25+,26-,27+,28+,29-,34+,35-,37-,38?,39-,40-,42+,46-,47-/m1/s1. The zero-order valence-electron chi connectivity index (χ0n) is 39.6. The molecule has 4 aliphatic heterocycles. The number of imide groups is 1. The topological polar surface area (TPSA) is 180 Å². The molecule has 364 valence electrons. The Morgan fingerprint density at radius 2 is 1.69 bits per heavy atom. The number of hydrogen-bond acceptors (Lipinski definition) is 14. The lowest BCUT2D eigenvalue weighted by Gasteiger charge is -2.48. The van der Waals surface area contributed by atoms with Crippen molar-refractivity contribution in [2.24, 2.45) is 29.6 Å². The van der Waals surface area contributed by atoms with E-state index in [2.05, 4.69) is 4.90 Å². The van der Waals surface area contributed by atoms with Gasteiger partial charge in [0.1, 0.15) is 30.7 Å². The maximum absolute atomic E-state index is 15.0. The largest absolute Gasteiger partial charge is 0.458 e. The molecule has 1 unspecified atom stereocenters. The van der Waals surface area contributed by atoms with Gasteiger partial charge in [0.2, 0.25) is 0 Å². The van der Waals surface area contributed by atoms with Crippen LogP contribution in [0.2, 0.25) is 10.0 Å². The Labute approximate surface area is 393 Å². The SMILES string of the molecule is CC[C@H]1OC(=O)[C@H](C)C(OC(=O)N2C(=O)OC[C@@H]2C)[C@H](C)[C@@H](O[C@@H]2O[C@H](C)C[C@H](N(C)CC3CC3)[C@H]2O)[C@](C)(OC)C[C@@H](C)C(=O)[C@H](C)[C@H]2N(CCc3ccc(Cl)c(Cl)c3)C(=O)O[C@]12C. The fourth-order valence-electron chi connectivity index (χ4n) is 10.7. The number of halogens is 2. The van der Waals surface area contributed by atoms with E-state index >= 15 is 4.79 Å². The highest BCUT2D eigenvalue weighted by Gasteiger charge is 2.61. The highest BCUT2D eigenvalue weighted by atomic mass is 35.5. The second-order valence-corrected chi connectivity index (χ2v) is 20.5. The Morgan fingerprint density at radius 1 is 1.00 bits per heavy atom. The van der Waals surface area contributed by atoms with E-state index < -0.39 is 102 Å². The molecule has 1 saturated carbocycles. The number of carbonyl (C=O) groups excluding carboxylic acids is 5. The molecule has 4 saturated heterocycles. The third-order valence-corrected chi connectivity index (χ3v) is 15.4. The molecule has 1 N–H and O–H groups in total. The number of nitrogens with zero attached hydrogens (tertiary/aromatic N) is 3. The first-order chi connectivity index (χ1) is 30.5. The second-order valence-electron chi connectivity index (χ2n) is 19.7. The van der Waals surface area contributed by atoms with Crippen LogP contribution in [-0.4, -0.2) is 150 Å². The zero-order chi connectivity index (χ0) is 47.9. The van der Waals surface area contributed by atoms with Crippen LogP contribution in [0, 0.1) is 29.6 Å². The highest BCUT2D eigenvalue weighted by molar-refractivity contribution is 6.42. The first-order valence-corrected chi connectivity index (χ1v) is 23.9. The van der Waals surface area contributed by atoms with Crippen molar-refractivity contribution >= 4 is 53.2 Å². The molecule has 16 nitrogen and oxygen atoms in total. The van der Waals surface area contributed by atoms with Crippen LogP contribution in [0.25, 0.3) is 0 Å². The van der Waals surface area contributed by atoms with Crippen molar-refractivity contribution in [3.05, 3.63) is 33.8 Å². The van der Waals surface area contributed by atoms with Gasteiger partial charge in [0.15, 0.2) is 11.9 Å². The molecule has 0 radical (unpaired) electrons. The minimum atomic E-state index is -1.52. The predicted octanol–water partition coefficient (Wildman–Crippen LogP) is 7.30. The quantitative estimate of drug-likeness (QED) is 0.173. The van der Waals surface area contributed by atoms with Crippen LogP contribution in [0.3, 0.4) is 0 Å². The maximum Gasteiger partial charge on any atom is 0.419 e. The summed E-state index contributed by atoms with van der Waals surface area (Å²) in [4.78, 5) is 75.2. The van der Waals surface area contributed by atoms with Gasteiger partial charge in [0.05, 0.1) is 45.9 Å². The van der Waals surface area contributed by atoms with Crippen LogP contribution in [0.1, 0.15) is 100.0 Å². The van der Waals surface area contributed by atoms with E-state index in [1.165, 1.54) is 12.0 Å². The summed E-state index contributed by atoms with van der Waals surface area (Å²) in [5.41, 5.74) is -2.09. The smallest absolute Gasteiger partial charge is 0.419 e. The van der Waals surface area contributed by atoms with E-state index in [1.54, 1.807) is 67.5 Å². The van der Waals surface area contributed by atoms with Crippen molar-refractivity contribution in [1.82, 2.24) is 14.7 Å². The number of Topliss-reactive ketones (excluding diaryl/α,β-unsaturated/α-hetero) is 1. The normalized spacial score (nSPS) is 38.5. The number of hydrogen-bond donors (Lipinski definition) is 1. The zero-order valence-corrected chi connectivity index (χ0v) is 41.1. The Morgan fingerprint density at radius 3 is 2.29 bits per heavy atom. The molecule has 18 heteroatoms. The average Bonchev–Trinajstić information content (AvgIpc) is 3.95. The number of rotatable bonds is 11. The van der Waals surface area contributed by atoms with Crippen molar-refractivity contribution < 1.29 is 62.2 Å². The molecule has 3 amide bonds. The van der Waals surface area contributed by atoms with E-state index in [-0.39, 0.29) is 43.9 Å². The summed E-state index contributed by atoms with van der Waals surface area (Å²) in [6.45, 7) is 16.5. The fraction of sp³-hybridized carbons (Fsp3) is 0.766. The third kappa shape index (κ3) is 10.7. The van der Waals surface area contributed by atoms with Crippen molar-refractivity contribution in [2.75, 3.05) is 33.9 Å². The van der Waals surface area contributed by atoms with Gasteiger partial charge in [-0.25, -0.2) is 19.3 Å². The number of cyclic esters (lactones) is 2. The van der Waals surface area contributed by atoms with E-state index in [9.17, 15) is 24.3 Å². The summed E-state index contributed by atoms with van der Waals surface area (Å²) in [5.74, 6) is -4.19. The van der Waals surface area contributed by atoms with Gasteiger partial charge in [0, 0.05) is 44.0 Å². The summed E-state index contributed by atoms with van der Waals surface area (Å²) in [7, 11) is 3.47. The van der Waals surface area contributed by atoms with E-state index in [4.69, 9.17) is 56.4 Å². The Bertz CT molecular complexity index is 1920. The monoisotopic (exact) mass is 953 g/mol. The number of amides is 3. The summed E-state index contributed by atoms with van der Waals surface area (Å²) in [5, 5.41) is 12.8. The van der Waals surface area contributed by atoms with Crippen molar-refractivity contribution in [3.8, 4) is 0 Å². The van der Waals surface area contributed by atoms with Crippen molar-refractivity contribution in [3.63, 3.8) is 0 Å². The molecule has 0 bridgehead atoms. The summed E-state index contributed by atoms with van der Waals surface area (Å²) >= 11 is 12.5. The molecule has 5 fully saturated rings. The average molecular weight is 955 g/mol. The van der Waals surface area contributed by atoms with Gasteiger partial charge in [-0.3, -0.25) is 14.5 Å². The number of aliphatic hydroxyl groups excluding tert-OH is 1. The number of esters is 1. The molecule has 1 aromatic rings. The van der Waals surface area contributed by atoms with Crippen molar-refractivity contribution in [1.29, 1.82) is 0 Å². The number of likely N-dealkylation sites (N-methyl/N-ethyl adjacent to an activating group) is 1. The lowest BCUT2D eigenvalue weighted by atomic mass is 9.73. The van der Waals surface area contributed by atoms with Crippen LogP contribution in [0.5, 0.6) is 0 Å². The molecule has 5 aliphatic rings. The molecular weight excluding hydrogens is 885 g/mol. The molecule has 1 aromatic carbocycles. The minimum absolute atomic E-state index is 0.0455. The number of ketones is 1. The van der Waals surface area contributed by atoms with Gasteiger partial charge in [-0.1, -0.05) is 57.0 Å². The van der Waals surface area contributed by atoms with Crippen LogP contribution >= 0.6 is 23.2 Å². The number of methoxy groups -OCH3 is 1. The number of benzene rings is 1. The molecule has 0 spiro atoms. The van der Waals surface area contributed by atoms with Gasteiger partial charge in [-0.2, -0.15) is 0 Å². The lowest BCUT2D eigenvalue weighted by molar-refractivity contribution is -0.302. The minimum Gasteiger partial charge on any atom is -0.458 e. The van der Waals surface area contributed by atoms with Crippen LogP contribution < -0.4 is 0 Å². The van der Waals surface area contributed by atoms with E-state index in [1.807, 2.05) is 20.0 Å². The summed E-state index contributed by atoms with van der Waals surface area (Å²) in [6.07, 6.45) is -5.38. The van der Waals surface area contributed by atoms with Gasteiger partial charge in [-0.15, -0.1) is 0 Å². The lowest BCUT2D eigenvalue weighted by Crippen LogP contribution is -2.61. The predicted molar refractivity (Wildman–Crippen MR) is 239 cm³/mol. The van der Waals surface area contributed by atoms with Gasteiger partial charge in [0.25, 0.3) is 0 Å². The molecule has 0 aromatic heterocycles. The molecule has 65 heavy (non-hydrogen) atoms. The number of aliphatic hydroxyl groups is 1. The highest BCUT2D eigenvalue weighted by Crippen LogP contribution is 2.44. The third-order valence-electron chi connectivity index (χ3n) is 14.6. The fourth-order valence-corrected chi connectivity index (χ4v) is 11.0. The number of fused-ring (bicyclic) bond motifs is 1. The molecule has 1 aliphatic carbocycles. The first kappa shape index (κ1) is 51.1. The number of carbonyl (C=O) groups is 5. The van der Waals surface area contributed by atoms with Crippen molar-refractivity contribution in [2.45, 2.75) is 167 Å². The molecule has 15 atom stereocenters. The summed E-state index contributed by atoms with van der Waals surface area (Å²) in [6, 6.07) is 3.33. The van der Waals surface area contributed by atoms with E-state index in [0.29, 0.717) is 28.8 Å². The van der Waals surface area contributed by atoms with Gasteiger partial charge >= 0.3 is 24.2 Å². The Hall–Kier alpha value is -3.25. The van der Waals surface area contributed by atoms with Crippen LogP contribution in [-0.2, 0) is 49.2 Å². The van der Waals surface area contributed by atoms with Gasteiger partial charge in [-0.05, 0) is 104 Å². The summed E-state index contributed by atoms with van der Waals surface area (Å²) < 4.78 is 43.6.